The number of rotatable bonds is 7. The maximum atomic E-state index is 11.4. The number of nitro benzene ring substituents is 1. The number of benzene rings is 3. The topological polar surface area (TPSA) is 81.8 Å². The molecule has 0 aliphatic carbocycles. The number of aliphatic hydroxyl groups excluding tert-OH is 1. The molecule has 3 rings (SSSR count). The highest BCUT2D eigenvalue weighted by Gasteiger charge is 2.23. The fourth-order valence-electron chi connectivity index (χ4n) is 2.97. The Labute approximate surface area is 177 Å². The second kappa shape index (κ2) is 9.07. The minimum atomic E-state index is -1.15. The lowest BCUT2D eigenvalue weighted by molar-refractivity contribution is -0.386. The van der Waals surface area contributed by atoms with Gasteiger partial charge in [-0.05, 0) is 60.0 Å². The largest absolute Gasteiger partial charge is 0.497 e. The fraction of sp³-hybridized carbons (Fsp3) is 0.182. The van der Waals surface area contributed by atoms with Crippen molar-refractivity contribution < 1.29 is 19.5 Å². The maximum absolute atomic E-state index is 11.4. The smallest absolute Gasteiger partial charge is 0.276 e. The van der Waals surface area contributed by atoms with Gasteiger partial charge in [-0.15, -0.1) is 0 Å². The van der Waals surface area contributed by atoms with Crippen molar-refractivity contribution in [1.29, 1.82) is 0 Å². The first-order valence-electron chi connectivity index (χ1n) is 8.87. The summed E-state index contributed by atoms with van der Waals surface area (Å²) in [5.41, 5.74) is 2.43. The zero-order valence-electron chi connectivity index (χ0n) is 16.0. The monoisotopic (exact) mass is 457 g/mol. The van der Waals surface area contributed by atoms with Gasteiger partial charge in [0.2, 0.25) is 0 Å². The Morgan fingerprint density at radius 1 is 1.03 bits per heavy atom. The Morgan fingerprint density at radius 3 is 2.38 bits per heavy atom. The maximum Gasteiger partial charge on any atom is 0.276 e. The lowest BCUT2D eigenvalue weighted by Crippen LogP contribution is -2.06. The number of halogens is 1. The number of methoxy groups -OCH3 is 1. The molecule has 0 aliphatic rings. The minimum absolute atomic E-state index is 0.143. The van der Waals surface area contributed by atoms with Crippen LogP contribution in [0, 0.1) is 17.0 Å². The van der Waals surface area contributed by atoms with Gasteiger partial charge in [0.1, 0.15) is 24.2 Å². The summed E-state index contributed by atoms with van der Waals surface area (Å²) in [6.45, 7) is 2.19. The second-order valence-corrected chi connectivity index (χ2v) is 7.43. The first-order chi connectivity index (χ1) is 13.9. The minimum Gasteiger partial charge on any atom is -0.497 e. The fourth-order valence-corrected chi connectivity index (χ4v) is 3.31. The Morgan fingerprint density at radius 2 is 1.72 bits per heavy atom. The number of nitro groups is 1. The van der Waals surface area contributed by atoms with Gasteiger partial charge in [-0.1, -0.05) is 34.1 Å². The Kier molecular flexibility index (Phi) is 6.51. The number of aryl methyl sites for hydroxylation is 1. The molecule has 1 N–H and O–H groups in total. The number of nitrogens with zero attached hydrogens (tertiary/aromatic N) is 1. The van der Waals surface area contributed by atoms with Gasteiger partial charge in [0, 0.05) is 10.5 Å². The third-order valence-corrected chi connectivity index (χ3v) is 5.09. The summed E-state index contributed by atoms with van der Waals surface area (Å²) in [7, 11) is 1.61. The summed E-state index contributed by atoms with van der Waals surface area (Å²) in [5, 5.41) is 22.3. The van der Waals surface area contributed by atoms with E-state index in [1.807, 2.05) is 43.3 Å². The first kappa shape index (κ1) is 20.8. The van der Waals surface area contributed by atoms with E-state index < -0.39 is 11.0 Å². The molecule has 1 atom stereocenters. The van der Waals surface area contributed by atoms with Gasteiger partial charge in [-0.25, -0.2) is 0 Å². The van der Waals surface area contributed by atoms with Crippen molar-refractivity contribution in [3.63, 3.8) is 0 Å². The molecule has 0 aliphatic heterocycles. The Hall–Kier alpha value is -2.90. The van der Waals surface area contributed by atoms with E-state index in [9.17, 15) is 15.2 Å². The van der Waals surface area contributed by atoms with Crippen LogP contribution in [0.3, 0.4) is 0 Å². The molecule has 0 spiro atoms. The first-order valence-corrected chi connectivity index (χ1v) is 9.66. The van der Waals surface area contributed by atoms with E-state index in [2.05, 4.69) is 15.9 Å². The average molecular weight is 458 g/mol. The average Bonchev–Trinajstić information content (AvgIpc) is 2.73. The molecule has 0 aromatic heterocycles. The predicted octanol–water partition coefficient (Wildman–Crippen LogP) is 5.34. The van der Waals surface area contributed by atoms with Crippen molar-refractivity contribution in [2.75, 3.05) is 7.11 Å². The summed E-state index contributed by atoms with van der Waals surface area (Å²) >= 11 is 3.23. The number of hydrogen-bond donors (Lipinski definition) is 1. The van der Waals surface area contributed by atoms with Gasteiger partial charge >= 0.3 is 0 Å². The summed E-state index contributed by atoms with van der Waals surface area (Å²) < 4.78 is 11.6. The lowest BCUT2D eigenvalue weighted by atomic mass is 9.96. The molecule has 1 unspecified atom stereocenters. The van der Waals surface area contributed by atoms with E-state index in [4.69, 9.17) is 9.47 Å². The highest BCUT2D eigenvalue weighted by Crippen LogP contribution is 2.35. The van der Waals surface area contributed by atoms with Crippen molar-refractivity contribution in [2.24, 2.45) is 0 Å². The van der Waals surface area contributed by atoms with Gasteiger partial charge in [-0.3, -0.25) is 10.1 Å². The highest BCUT2D eigenvalue weighted by atomic mass is 79.9. The molecule has 0 radical (unpaired) electrons. The summed E-state index contributed by atoms with van der Waals surface area (Å²) in [6, 6.07) is 17.5. The molecule has 0 amide bonds. The zero-order valence-corrected chi connectivity index (χ0v) is 17.5. The molecular formula is C22H20BrNO5. The standard InChI is InChI=1S/C22H20BrNO5/c1-14-3-7-18(29-13-15-4-8-17(28-2)9-5-15)12-20(14)22(25)19-10-6-16(23)11-21(19)24(26)27/h3-12,22,25H,13H2,1-2H3. The normalized spacial score (nSPS) is 11.7. The van der Waals surface area contributed by atoms with Crippen LogP contribution in [0.4, 0.5) is 5.69 Å². The molecule has 6 nitrogen and oxygen atoms in total. The molecule has 0 bridgehead atoms. The van der Waals surface area contributed by atoms with Gasteiger partial charge in [0.05, 0.1) is 17.6 Å². The van der Waals surface area contributed by atoms with Crippen LogP contribution in [0.5, 0.6) is 11.5 Å². The van der Waals surface area contributed by atoms with Crippen LogP contribution in [0.25, 0.3) is 0 Å². The molecular weight excluding hydrogens is 438 g/mol. The van der Waals surface area contributed by atoms with E-state index in [1.54, 1.807) is 25.3 Å². The van der Waals surface area contributed by atoms with Crippen LogP contribution in [0.2, 0.25) is 0 Å². The lowest BCUT2D eigenvalue weighted by Gasteiger charge is -2.16. The van der Waals surface area contributed by atoms with Crippen molar-refractivity contribution in [3.8, 4) is 11.5 Å². The SMILES string of the molecule is COc1ccc(COc2ccc(C)c(C(O)c3ccc(Br)cc3[N+](=O)[O-])c2)cc1. The summed E-state index contributed by atoms with van der Waals surface area (Å²) in [5.74, 6) is 1.34. The molecule has 0 saturated heterocycles. The van der Waals surface area contributed by atoms with Gasteiger partial charge in [-0.2, -0.15) is 0 Å². The van der Waals surface area contributed by atoms with E-state index in [-0.39, 0.29) is 11.3 Å². The predicted molar refractivity (Wildman–Crippen MR) is 113 cm³/mol. The second-order valence-electron chi connectivity index (χ2n) is 6.52. The molecule has 3 aromatic rings. The Bertz CT molecular complexity index is 1020. The molecule has 0 saturated carbocycles. The van der Waals surface area contributed by atoms with Crippen molar-refractivity contribution in [1.82, 2.24) is 0 Å². The van der Waals surface area contributed by atoms with Crippen LogP contribution in [0.1, 0.15) is 28.4 Å². The van der Waals surface area contributed by atoms with Crippen molar-refractivity contribution in [3.05, 3.63) is 97.5 Å². The van der Waals surface area contributed by atoms with Crippen LogP contribution in [-0.4, -0.2) is 17.1 Å². The third-order valence-electron chi connectivity index (χ3n) is 4.59. The molecule has 150 valence electrons. The van der Waals surface area contributed by atoms with Crippen LogP contribution >= 0.6 is 15.9 Å². The third kappa shape index (κ3) is 4.93. The summed E-state index contributed by atoms with van der Waals surface area (Å²) in [6.07, 6.45) is -1.15. The van der Waals surface area contributed by atoms with Crippen LogP contribution in [-0.2, 0) is 6.61 Å². The highest BCUT2D eigenvalue weighted by molar-refractivity contribution is 9.10. The van der Waals surface area contributed by atoms with Crippen LogP contribution in [0.15, 0.2) is 65.1 Å². The van der Waals surface area contributed by atoms with E-state index in [1.165, 1.54) is 6.07 Å². The quantitative estimate of drug-likeness (QED) is 0.382. The molecule has 0 heterocycles. The Balaban J connectivity index is 1.84. The van der Waals surface area contributed by atoms with E-state index in [0.29, 0.717) is 22.4 Å². The molecule has 0 fully saturated rings. The zero-order chi connectivity index (χ0) is 21.0. The van der Waals surface area contributed by atoms with Crippen molar-refractivity contribution in [2.45, 2.75) is 19.6 Å². The van der Waals surface area contributed by atoms with Crippen LogP contribution < -0.4 is 9.47 Å². The molecule has 7 heteroatoms. The molecule has 3 aromatic carbocycles. The number of aliphatic hydroxyl groups is 1. The van der Waals surface area contributed by atoms with E-state index in [0.717, 1.165) is 16.9 Å². The number of ether oxygens (including phenoxy) is 2. The molecule has 29 heavy (non-hydrogen) atoms. The number of hydrogen-bond acceptors (Lipinski definition) is 5. The van der Waals surface area contributed by atoms with Crippen molar-refractivity contribution >= 4 is 21.6 Å². The van der Waals surface area contributed by atoms with E-state index >= 15 is 0 Å². The van der Waals surface area contributed by atoms with Gasteiger partial charge in [0.15, 0.2) is 0 Å². The van der Waals surface area contributed by atoms with Gasteiger partial charge < -0.3 is 14.6 Å². The van der Waals surface area contributed by atoms with Gasteiger partial charge in [0.25, 0.3) is 5.69 Å². The summed E-state index contributed by atoms with van der Waals surface area (Å²) in [4.78, 5) is 10.9.